The average molecular weight is 303 g/mol. The number of amides is 2. The summed E-state index contributed by atoms with van der Waals surface area (Å²) >= 11 is 3.31. The Kier molecular flexibility index (Phi) is 6.61. The summed E-state index contributed by atoms with van der Waals surface area (Å²) in [4.78, 5) is 11.4. The fraction of sp³-hybridized carbons (Fsp3) is 0.364. The lowest BCUT2D eigenvalue weighted by molar-refractivity contribution is 0.0950. The van der Waals surface area contributed by atoms with Gasteiger partial charge in [-0.2, -0.15) is 0 Å². The molecule has 0 saturated carbocycles. The molecule has 2 amide bonds. The molecule has 0 heterocycles. The third-order valence-electron chi connectivity index (χ3n) is 1.87. The quantitative estimate of drug-likeness (QED) is 0.699. The Morgan fingerprint density at radius 1 is 1.29 bits per heavy atom. The van der Waals surface area contributed by atoms with Crippen molar-refractivity contribution in [2.24, 2.45) is 0 Å². The van der Waals surface area contributed by atoms with Gasteiger partial charge in [-0.15, -0.1) is 0 Å². The van der Waals surface area contributed by atoms with E-state index in [1.54, 1.807) is 12.1 Å². The SMILES string of the molecule is O=C(NCCOCCO)Nc1ccc(Br)cc1. The number of anilines is 1. The third-order valence-corrected chi connectivity index (χ3v) is 2.40. The molecule has 1 aromatic rings. The molecule has 0 saturated heterocycles. The molecule has 0 bridgehead atoms. The van der Waals surface area contributed by atoms with Gasteiger partial charge in [0.2, 0.25) is 0 Å². The topological polar surface area (TPSA) is 70.6 Å². The maximum atomic E-state index is 11.4. The highest BCUT2D eigenvalue weighted by molar-refractivity contribution is 9.10. The van der Waals surface area contributed by atoms with Crippen LogP contribution < -0.4 is 10.6 Å². The van der Waals surface area contributed by atoms with Crippen molar-refractivity contribution in [3.8, 4) is 0 Å². The van der Waals surface area contributed by atoms with Crippen LogP contribution in [0.2, 0.25) is 0 Å². The second-order valence-corrected chi connectivity index (χ2v) is 4.14. The minimum atomic E-state index is -0.278. The van der Waals surface area contributed by atoms with Crippen molar-refractivity contribution in [2.45, 2.75) is 0 Å². The van der Waals surface area contributed by atoms with Gasteiger partial charge < -0.3 is 20.5 Å². The van der Waals surface area contributed by atoms with Crippen molar-refractivity contribution in [1.82, 2.24) is 5.32 Å². The van der Waals surface area contributed by atoms with Crippen molar-refractivity contribution in [1.29, 1.82) is 0 Å². The van der Waals surface area contributed by atoms with E-state index in [4.69, 9.17) is 9.84 Å². The van der Waals surface area contributed by atoms with E-state index in [1.807, 2.05) is 12.1 Å². The molecule has 0 aliphatic carbocycles. The number of rotatable bonds is 6. The Labute approximate surface area is 108 Å². The van der Waals surface area contributed by atoms with Gasteiger partial charge in [0.25, 0.3) is 0 Å². The number of hydrogen-bond donors (Lipinski definition) is 3. The van der Waals surface area contributed by atoms with E-state index in [-0.39, 0.29) is 19.2 Å². The average Bonchev–Trinajstić information content (AvgIpc) is 2.32. The van der Waals surface area contributed by atoms with Gasteiger partial charge in [-0.25, -0.2) is 4.79 Å². The van der Waals surface area contributed by atoms with Crippen molar-refractivity contribution in [3.05, 3.63) is 28.7 Å². The number of nitrogens with one attached hydrogen (secondary N) is 2. The Hall–Kier alpha value is -1.11. The fourth-order valence-corrected chi connectivity index (χ4v) is 1.38. The van der Waals surface area contributed by atoms with Gasteiger partial charge in [-0.1, -0.05) is 15.9 Å². The molecule has 0 fully saturated rings. The zero-order valence-corrected chi connectivity index (χ0v) is 10.9. The van der Waals surface area contributed by atoms with Gasteiger partial charge in [0, 0.05) is 16.7 Å². The van der Waals surface area contributed by atoms with Crippen LogP contribution in [0, 0.1) is 0 Å². The molecule has 0 aromatic heterocycles. The standard InChI is InChI=1S/C11H15BrN2O3/c12-9-1-3-10(4-2-9)14-11(16)13-5-7-17-8-6-15/h1-4,15H,5-8H2,(H2,13,14,16). The number of halogens is 1. The first-order valence-corrected chi connectivity index (χ1v) is 6.00. The van der Waals surface area contributed by atoms with E-state index in [9.17, 15) is 4.79 Å². The molecule has 0 radical (unpaired) electrons. The summed E-state index contributed by atoms with van der Waals surface area (Å²) in [6, 6.07) is 7.01. The van der Waals surface area contributed by atoms with Crippen LogP contribution in [0.1, 0.15) is 0 Å². The predicted octanol–water partition coefficient (Wildman–Crippen LogP) is 1.58. The first-order valence-electron chi connectivity index (χ1n) is 5.21. The maximum absolute atomic E-state index is 11.4. The van der Waals surface area contributed by atoms with Gasteiger partial charge in [-0.3, -0.25) is 0 Å². The van der Waals surface area contributed by atoms with Crippen LogP contribution in [0.3, 0.4) is 0 Å². The van der Waals surface area contributed by atoms with E-state index in [1.165, 1.54) is 0 Å². The number of carbonyl (C=O) groups excluding carboxylic acids is 1. The van der Waals surface area contributed by atoms with E-state index in [2.05, 4.69) is 26.6 Å². The molecule has 0 atom stereocenters. The highest BCUT2D eigenvalue weighted by Gasteiger charge is 2.00. The summed E-state index contributed by atoms with van der Waals surface area (Å²) in [5, 5.41) is 13.8. The summed E-state index contributed by atoms with van der Waals surface area (Å²) in [5.74, 6) is 0. The first kappa shape index (κ1) is 14.0. The van der Waals surface area contributed by atoms with Gasteiger partial charge in [-0.05, 0) is 24.3 Å². The van der Waals surface area contributed by atoms with Gasteiger partial charge in [0.1, 0.15) is 0 Å². The van der Waals surface area contributed by atoms with E-state index in [0.717, 1.165) is 10.2 Å². The molecule has 0 aliphatic heterocycles. The second-order valence-electron chi connectivity index (χ2n) is 3.22. The van der Waals surface area contributed by atoms with Gasteiger partial charge in [0.05, 0.1) is 19.8 Å². The summed E-state index contributed by atoms with van der Waals surface area (Å²) in [5.41, 5.74) is 0.724. The number of aliphatic hydroxyl groups is 1. The summed E-state index contributed by atoms with van der Waals surface area (Å²) in [6.45, 7) is 1.07. The lowest BCUT2D eigenvalue weighted by Crippen LogP contribution is -2.31. The number of ether oxygens (including phenoxy) is 1. The van der Waals surface area contributed by atoms with E-state index >= 15 is 0 Å². The molecular weight excluding hydrogens is 288 g/mol. The lowest BCUT2D eigenvalue weighted by atomic mass is 10.3. The number of carbonyl (C=O) groups is 1. The van der Waals surface area contributed by atoms with Crippen LogP contribution in [0.25, 0.3) is 0 Å². The van der Waals surface area contributed by atoms with Crippen LogP contribution >= 0.6 is 15.9 Å². The van der Waals surface area contributed by atoms with Crippen molar-refractivity contribution < 1.29 is 14.6 Å². The molecule has 0 spiro atoms. The maximum Gasteiger partial charge on any atom is 0.319 e. The monoisotopic (exact) mass is 302 g/mol. The highest BCUT2D eigenvalue weighted by Crippen LogP contribution is 2.13. The van der Waals surface area contributed by atoms with Crippen molar-refractivity contribution in [2.75, 3.05) is 31.7 Å². The fourth-order valence-electron chi connectivity index (χ4n) is 1.11. The normalized spacial score (nSPS) is 10.0. The largest absolute Gasteiger partial charge is 0.394 e. The first-order chi connectivity index (χ1) is 8.22. The van der Waals surface area contributed by atoms with Crippen LogP contribution in [-0.4, -0.2) is 37.5 Å². The summed E-state index contributed by atoms with van der Waals surface area (Å²) < 4.78 is 5.96. The molecule has 17 heavy (non-hydrogen) atoms. The van der Waals surface area contributed by atoms with E-state index < -0.39 is 0 Å². The molecular formula is C11H15BrN2O3. The molecule has 94 valence electrons. The summed E-state index contributed by atoms with van der Waals surface area (Å²) in [6.07, 6.45) is 0. The molecule has 3 N–H and O–H groups in total. The number of aliphatic hydroxyl groups excluding tert-OH is 1. The summed E-state index contributed by atoms with van der Waals surface area (Å²) in [7, 11) is 0. The minimum absolute atomic E-state index is 0.00884. The Bertz CT molecular complexity index is 343. The molecule has 5 nitrogen and oxygen atoms in total. The zero-order valence-electron chi connectivity index (χ0n) is 9.28. The zero-order chi connectivity index (χ0) is 12.5. The third kappa shape index (κ3) is 6.25. The minimum Gasteiger partial charge on any atom is -0.394 e. The van der Waals surface area contributed by atoms with Crippen LogP contribution in [0.4, 0.5) is 10.5 Å². The van der Waals surface area contributed by atoms with Crippen LogP contribution in [0.5, 0.6) is 0 Å². The van der Waals surface area contributed by atoms with Crippen LogP contribution in [-0.2, 0) is 4.74 Å². The van der Waals surface area contributed by atoms with Gasteiger partial charge >= 0.3 is 6.03 Å². The Morgan fingerprint density at radius 2 is 2.00 bits per heavy atom. The molecule has 0 aliphatic rings. The highest BCUT2D eigenvalue weighted by atomic mass is 79.9. The lowest BCUT2D eigenvalue weighted by Gasteiger charge is -2.07. The number of hydrogen-bond acceptors (Lipinski definition) is 3. The van der Waals surface area contributed by atoms with E-state index in [0.29, 0.717) is 13.2 Å². The van der Waals surface area contributed by atoms with Crippen molar-refractivity contribution >= 4 is 27.6 Å². The second kappa shape index (κ2) is 8.05. The molecule has 1 aromatic carbocycles. The molecule has 1 rings (SSSR count). The van der Waals surface area contributed by atoms with Crippen LogP contribution in [0.15, 0.2) is 28.7 Å². The molecule has 0 unspecified atom stereocenters. The van der Waals surface area contributed by atoms with Gasteiger partial charge in [0.15, 0.2) is 0 Å². The predicted molar refractivity (Wildman–Crippen MR) is 69.1 cm³/mol. The Morgan fingerprint density at radius 3 is 2.65 bits per heavy atom. The smallest absolute Gasteiger partial charge is 0.319 e. The number of urea groups is 1. The number of benzene rings is 1. The Balaban J connectivity index is 2.18. The molecule has 6 heteroatoms. The van der Waals surface area contributed by atoms with Crippen molar-refractivity contribution in [3.63, 3.8) is 0 Å².